The van der Waals surface area contributed by atoms with E-state index >= 15 is 0 Å². The third kappa shape index (κ3) is 6.44. The highest BCUT2D eigenvalue weighted by Gasteiger charge is 2.12. The lowest BCUT2D eigenvalue weighted by atomic mass is 10.4. The minimum absolute atomic E-state index is 0.236. The smallest absolute Gasteiger partial charge is 0.321 e. The summed E-state index contributed by atoms with van der Waals surface area (Å²) in [6, 6.07) is -1.42. The molecule has 0 aliphatic rings. The molecule has 82 valence electrons. The minimum Gasteiger partial charge on any atom is -0.501 e. The van der Waals surface area contributed by atoms with Crippen LogP contribution >= 0.6 is 33.8 Å². The number of thiocarbonyl (C=S) groups is 1. The molecule has 0 rings (SSSR count). The van der Waals surface area contributed by atoms with Crippen LogP contribution in [-0.2, 0) is 4.79 Å². The molecule has 0 spiro atoms. The molecular formula is C6H12N2O3S3. The van der Waals surface area contributed by atoms with E-state index in [1.807, 2.05) is 0 Å². The second kappa shape index (κ2) is 7.30. The number of carbonyl (C=O) groups is 1. The van der Waals surface area contributed by atoms with Gasteiger partial charge < -0.3 is 21.7 Å². The van der Waals surface area contributed by atoms with Crippen LogP contribution in [0.3, 0.4) is 0 Å². The quantitative estimate of drug-likeness (QED) is 0.286. The van der Waals surface area contributed by atoms with Gasteiger partial charge in [-0.15, -0.1) is 0 Å². The zero-order chi connectivity index (χ0) is 11.1. The summed E-state index contributed by atoms with van der Waals surface area (Å²) in [7, 11) is 2.63. The highest BCUT2D eigenvalue weighted by atomic mass is 33.1. The molecule has 0 unspecified atom stereocenters. The standard InChI is InChI=1S/C6H12N2O3S3/c7-3(5(9)10)1-13-14-2-4(8)6(11)12/h3-4H,1-2,7-8H2,(H,9,10)(H,11,12)/t3-,4-/m0/s1. The van der Waals surface area contributed by atoms with Crippen molar-refractivity contribution < 1.29 is 15.0 Å². The summed E-state index contributed by atoms with van der Waals surface area (Å²) in [5, 5.41) is 17.0. The predicted octanol–water partition coefficient (Wildman–Crippen LogP) is -0.00760. The fourth-order valence-corrected chi connectivity index (χ4v) is 2.82. The molecule has 6 N–H and O–H groups in total. The predicted molar refractivity (Wildman–Crippen MR) is 63.7 cm³/mol. The Labute approximate surface area is 95.0 Å². The molecule has 0 aromatic carbocycles. The van der Waals surface area contributed by atoms with Crippen molar-refractivity contribution in [2.24, 2.45) is 11.5 Å². The second-order valence-electron chi connectivity index (χ2n) is 2.46. The third-order valence-corrected chi connectivity index (χ3v) is 3.99. The summed E-state index contributed by atoms with van der Waals surface area (Å²) in [6.07, 6.45) is 0. The lowest BCUT2D eigenvalue weighted by Crippen LogP contribution is -2.33. The summed E-state index contributed by atoms with van der Waals surface area (Å²) >= 11 is 4.45. The number of rotatable bonds is 7. The first-order valence-electron chi connectivity index (χ1n) is 3.66. The first-order chi connectivity index (χ1) is 6.45. The Balaban J connectivity index is 3.47. The number of carboxylic acid groups (broad SMARTS) is 1. The summed E-state index contributed by atoms with van der Waals surface area (Å²) in [4.78, 5) is 10.3. The number of aliphatic hydroxyl groups is 1. The zero-order valence-electron chi connectivity index (χ0n) is 7.25. The lowest BCUT2D eigenvalue weighted by Gasteiger charge is -2.08. The number of aliphatic hydroxyl groups excluding tert-OH is 1. The maximum absolute atomic E-state index is 10.3. The van der Waals surface area contributed by atoms with Crippen LogP contribution in [0, 0.1) is 0 Å². The zero-order valence-corrected chi connectivity index (χ0v) is 9.70. The van der Waals surface area contributed by atoms with Crippen LogP contribution < -0.4 is 11.5 Å². The van der Waals surface area contributed by atoms with Gasteiger partial charge in [-0.25, -0.2) is 0 Å². The van der Waals surface area contributed by atoms with Crippen LogP contribution in [0.4, 0.5) is 0 Å². The Kier molecular flexibility index (Phi) is 7.28. The average molecular weight is 256 g/mol. The van der Waals surface area contributed by atoms with Crippen LogP contribution in [0.5, 0.6) is 0 Å². The number of aliphatic carboxylic acids is 1. The van der Waals surface area contributed by atoms with Crippen molar-refractivity contribution in [2.75, 3.05) is 11.5 Å². The Hall–Kier alpha value is -0.0200. The second-order valence-corrected chi connectivity index (χ2v) is 5.43. The van der Waals surface area contributed by atoms with Gasteiger partial charge in [-0.05, 0) is 12.2 Å². The van der Waals surface area contributed by atoms with E-state index in [2.05, 4.69) is 12.2 Å². The maximum atomic E-state index is 10.3. The highest BCUT2D eigenvalue weighted by Crippen LogP contribution is 2.22. The molecule has 0 aliphatic heterocycles. The lowest BCUT2D eigenvalue weighted by molar-refractivity contribution is -0.137. The van der Waals surface area contributed by atoms with E-state index in [1.165, 1.54) is 21.6 Å². The number of carboxylic acids is 1. The van der Waals surface area contributed by atoms with Crippen molar-refractivity contribution >= 4 is 44.8 Å². The Morgan fingerprint density at radius 3 is 2.00 bits per heavy atom. The van der Waals surface area contributed by atoms with Gasteiger partial charge in [-0.1, -0.05) is 21.6 Å². The number of hydrogen-bond acceptors (Lipinski definition) is 6. The van der Waals surface area contributed by atoms with E-state index in [9.17, 15) is 4.79 Å². The van der Waals surface area contributed by atoms with Crippen molar-refractivity contribution in [3.8, 4) is 0 Å². The van der Waals surface area contributed by atoms with Crippen molar-refractivity contribution in [1.82, 2.24) is 0 Å². The first kappa shape index (κ1) is 14.0. The molecule has 14 heavy (non-hydrogen) atoms. The van der Waals surface area contributed by atoms with Gasteiger partial charge in [0.2, 0.25) is 0 Å². The summed E-state index contributed by atoms with van der Waals surface area (Å²) in [6.45, 7) is 0. The van der Waals surface area contributed by atoms with Gasteiger partial charge in [0.15, 0.2) is 5.05 Å². The minimum atomic E-state index is -1.03. The van der Waals surface area contributed by atoms with Gasteiger partial charge in [-0.3, -0.25) is 4.79 Å². The maximum Gasteiger partial charge on any atom is 0.321 e. The van der Waals surface area contributed by atoms with Crippen molar-refractivity contribution in [3.05, 3.63) is 0 Å². The average Bonchev–Trinajstić information content (AvgIpc) is 2.11. The SMILES string of the molecule is N[C@@H](CSSC[C@H](N)C(O)=S)C(=O)O. The number of nitrogens with two attached hydrogens (primary N) is 2. The highest BCUT2D eigenvalue weighted by molar-refractivity contribution is 8.76. The normalized spacial score (nSPS) is 14.7. The molecule has 0 aromatic heterocycles. The van der Waals surface area contributed by atoms with Crippen molar-refractivity contribution in [2.45, 2.75) is 12.1 Å². The van der Waals surface area contributed by atoms with E-state index in [1.54, 1.807) is 0 Å². The first-order valence-corrected chi connectivity index (χ1v) is 6.56. The number of hydrogen-bond donors (Lipinski definition) is 4. The van der Waals surface area contributed by atoms with Gasteiger partial charge in [0.05, 0.1) is 6.04 Å². The molecule has 0 saturated heterocycles. The van der Waals surface area contributed by atoms with Crippen molar-refractivity contribution in [3.63, 3.8) is 0 Å². The van der Waals surface area contributed by atoms with Gasteiger partial charge in [-0.2, -0.15) is 0 Å². The van der Waals surface area contributed by atoms with Gasteiger partial charge in [0.1, 0.15) is 6.04 Å². The fourth-order valence-electron chi connectivity index (χ4n) is 0.385. The topological polar surface area (TPSA) is 110 Å². The largest absolute Gasteiger partial charge is 0.501 e. The molecule has 0 fully saturated rings. The molecule has 0 bridgehead atoms. The molecular weight excluding hydrogens is 244 g/mol. The van der Waals surface area contributed by atoms with Gasteiger partial charge >= 0.3 is 5.97 Å². The molecule has 0 amide bonds. The van der Waals surface area contributed by atoms with E-state index in [0.717, 1.165) is 0 Å². The Morgan fingerprint density at radius 1 is 1.21 bits per heavy atom. The van der Waals surface area contributed by atoms with Crippen LogP contribution in [0.25, 0.3) is 0 Å². The summed E-state index contributed by atoms with van der Waals surface area (Å²) in [5.74, 6) is -0.294. The molecule has 0 heterocycles. The molecule has 2 atom stereocenters. The van der Waals surface area contributed by atoms with E-state index in [4.69, 9.17) is 21.7 Å². The third-order valence-electron chi connectivity index (χ3n) is 1.21. The van der Waals surface area contributed by atoms with Gasteiger partial charge in [0, 0.05) is 11.5 Å². The van der Waals surface area contributed by atoms with Crippen molar-refractivity contribution in [1.29, 1.82) is 0 Å². The molecule has 0 aliphatic carbocycles. The van der Waals surface area contributed by atoms with Gasteiger partial charge in [0.25, 0.3) is 0 Å². The van der Waals surface area contributed by atoms with Crippen LogP contribution in [0.2, 0.25) is 0 Å². The molecule has 0 radical (unpaired) electrons. The molecule has 5 nitrogen and oxygen atoms in total. The van der Waals surface area contributed by atoms with Crippen LogP contribution in [0.1, 0.15) is 0 Å². The van der Waals surface area contributed by atoms with E-state index in [-0.39, 0.29) is 5.05 Å². The molecule has 8 heteroatoms. The van der Waals surface area contributed by atoms with Crippen LogP contribution in [-0.4, -0.2) is 44.8 Å². The molecule has 0 saturated carbocycles. The monoisotopic (exact) mass is 256 g/mol. The summed E-state index contributed by atoms with van der Waals surface area (Å²) < 4.78 is 0. The Bertz CT molecular complexity index is 192. The summed E-state index contributed by atoms with van der Waals surface area (Å²) in [5.41, 5.74) is 10.7. The van der Waals surface area contributed by atoms with Crippen LogP contribution in [0.15, 0.2) is 0 Å². The van der Waals surface area contributed by atoms with E-state index < -0.39 is 18.1 Å². The Morgan fingerprint density at radius 2 is 1.64 bits per heavy atom. The fraction of sp³-hybridized carbons (Fsp3) is 0.667. The molecule has 0 aromatic rings. The van der Waals surface area contributed by atoms with E-state index in [0.29, 0.717) is 11.5 Å².